The first-order valence-corrected chi connectivity index (χ1v) is 9.39. The van der Waals surface area contributed by atoms with Gasteiger partial charge in [-0.25, -0.2) is 8.42 Å². The minimum atomic E-state index is -4.64. The normalized spacial score (nSPS) is 12.5. The van der Waals surface area contributed by atoms with Gasteiger partial charge in [-0.3, -0.25) is 9.52 Å². The summed E-state index contributed by atoms with van der Waals surface area (Å²) in [6, 6.07) is 9.28. The Hall–Kier alpha value is -2.55. The first-order chi connectivity index (χ1) is 12.3. The Bertz CT molecular complexity index is 932. The van der Waals surface area contributed by atoms with Gasteiger partial charge in [-0.15, -0.1) is 0 Å². The fraction of sp³-hybridized carbons (Fsp3) is 0.278. The van der Waals surface area contributed by atoms with Crippen LogP contribution in [0.1, 0.15) is 26.3 Å². The number of benzene rings is 2. The Labute approximate surface area is 155 Å². The van der Waals surface area contributed by atoms with E-state index >= 15 is 0 Å². The number of carbonyl (C=O) groups is 1. The van der Waals surface area contributed by atoms with Crippen molar-refractivity contribution in [2.45, 2.75) is 31.8 Å². The second-order valence-corrected chi connectivity index (χ2v) is 8.59. The molecule has 2 aromatic carbocycles. The first-order valence-electron chi connectivity index (χ1n) is 7.91. The lowest BCUT2D eigenvalue weighted by molar-refractivity contribution is -0.137. The van der Waals surface area contributed by atoms with Crippen molar-refractivity contribution in [3.63, 3.8) is 0 Å². The van der Waals surface area contributed by atoms with Crippen molar-refractivity contribution in [2.24, 2.45) is 5.41 Å². The van der Waals surface area contributed by atoms with Gasteiger partial charge in [-0.05, 0) is 42.5 Å². The van der Waals surface area contributed by atoms with Crippen molar-refractivity contribution in [1.82, 2.24) is 0 Å². The average molecular weight is 400 g/mol. The highest BCUT2D eigenvalue weighted by Gasteiger charge is 2.31. The summed E-state index contributed by atoms with van der Waals surface area (Å²) in [6.07, 6.45) is -4.64. The average Bonchev–Trinajstić information content (AvgIpc) is 2.55. The Morgan fingerprint density at radius 2 is 1.48 bits per heavy atom. The first kappa shape index (κ1) is 20.8. The summed E-state index contributed by atoms with van der Waals surface area (Å²) < 4.78 is 65.2. The molecule has 0 unspecified atom stereocenters. The zero-order valence-electron chi connectivity index (χ0n) is 14.9. The Kier molecular flexibility index (Phi) is 5.55. The van der Waals surface area contributed by atoms with Gasteiger partial charge in [0.25, 0.3) is 10.0 Å². The van der Waals surface area contributed by atoms with E-state index in [0.717, 1.165) is 18.2 Å². The molecular weight excluding hydrogens is 381 g/mol. The predicted molar refractivity (Wildman–Crippen MR) is 96.8 cm³/mol. The lowest BCUT2D eigenvalue weighted by Crippen LogP contribution is -2.27. The van der Waals surface area contributed by atoms with Crippen molar-refractivity contribution < 1.29 is 26.4 Å². The number of nitrogens with one attached hydrogen (secondary N) is 2. The largest absolute Gasteiger partial charge is 0.416 e. The van der Waals surface area contributed by atoms with Crippen LogP contribution in [0.4, 0.5) is 24.5 Å². The summed E-state index contributed by atoms with van der Waals surface area (Å²) in [5.41, 5.74) is -1.02. The number of amides is 1. The third-order valence-corrected chi connectivity index (χ3v) is 4.93. The highest BCUT2D eigenvalue weighted by Crippen LogP contribution is 2.31. The third-order valence-electron chi connectivity index (χ3n) is 3.55. The van der Waals surface area contributed by atoms with Gasteiger partial charge in [-0.2, -0.15) is 13.2 Å². The van der Waals surface area contributed by atoms with E-state index in [1.165, 1.54) is 24.3 Å². The van der Waals surface area contributed by atoms with Crippen LogP contribution in [0, 0.1) is 5.41 Å². The Morgan fingerprint density at radius 1 is 0.926 bits per heavy atom. The third kappa shape index (κ3) is 5.46. The number of sulfonamides is 1. The van der Waals surface area contributed by atoms with Gasteiger partial charge in [0.15, 0.2) is 0 Å². The molecule has 0 aliphatic carbocycles. The maximum atomic E-state index is 12.8. The van der Waals surface area contributed by atoms with E-state index in [-0.39, 0.29) is 11.6 Å². The summed E-state index contributed by atoms with van der Waals surface area (Å²) >= 11 is 0. The van der Waals surface area contributed by atoms with Crippen molar-refractivity contribution in [1.29, 1.82) is 0 Å². The molecule has 27 heavy (non-hydrogen) atoms. The summed E-state index contributed by atoms with van der Waals surface area (Å²) in [4.78, 5) is 11.4. The van der Waals surface area contributed by atoms with Crippen LogP contribution in [0.5, 0.6) is 0 Å². The highest BCUT2D eigenvalue weighted by molar-refractivity contribution is 7.92. The molecule has 0 atom stereocenters. The van der Waals surface area contributed by atoms with Crippen LogP contribution in [0.2, 0.25) is 0 Å². The molecule has 0 radical (unpaired) electrons. The summed E-state index contributed by atoms with van der Waals surface area (Å²) in [6.45, 7) is 5.25. The van der Waals surface area contributed by atoms with Crippen LogP contribution in [0.25, 0.3) is 0 Å². The number of carbonyl (C=O) groups excluding carboxylic acids is 1. The van der Waals surface area contributed by atoms with Crippen molar-refractivity contribution in [3.8, 4) is 0 Å². The SMILES string of the molecule is CC(C)(C)C(=O)Nc1ccc(NS(=O)(=O)c2cccc(C(F)(F)F)c2)cc1. The van der Waals surface area contributed by atoms with Crippen molar-refractivity contribution >= 4 is 27.3 Å². The van der Waals surface area contributed by atoms with E-state index in [9.17, 15) is 26.4 Å². The van der Waals surface area contributed by atoms with E-state index in [4.69, 9.17) is 0 Å². The second kappa shape index (κ2) is 7.22. The molecule has 0 saturated carbocycles. The summed E-state index contributed by atoms with van der Waals surface area (Å²) in [5.74, 6) is -0.209. The number of rotatable bonds is 4. The van der Waals surface area contributed by atoms with Crippen LogP contribution in [-0.4, -0.2) is 14.3 Å². The van der Waals surface area contributed by atoms with Crippen molar-refractivity contribution in [2.75, 3.05) is 10.0 Å². The molecule has 9 heteroatoms. The number of anilines is 2. The van der Waals surface area contributed by atoms with E-state index in [0.29, 0.717) is 11.8 Å². The maximum absolute atomic E-state index is 12.8. The van der Waals surface area contributed by atoms with Gasteiger partial charge < -0.3 is 5.32 Å². The maximum Gasteiger partial charge on any atom is 0.416 e. The van der Waals surface area contributed by atoms with Crippen LogP contribution in [0.15, 0.2) is 53.4 Å². The fourth-order valence-electron chi connectivity index (χ4n) is 1.99. The zero-order valence-corrected chi connectivity index (χ0v) is 15.7. The fourth-order valence-corrected chi connectivity index (χ4v) is 3.10. The molecule has 146 valence electrons. The number of halogens is 3. The number of hydrogen-bond donors (Lipinski definition) is 2. The lowest BCUT2D eigenvalue weighted by atomic mass is 9.95. The molecule has 2 N–H and O–H groups in total. The number of hydrogen-bond acceptors (Lipinski definition) is 3. The molecule has 1 amide bonds. The molecule has 0 fully saturated rings. The van der Waals surface area contributed by atoms with Crippen LogP contribution in [0.3, 0.4) is 0 Å². The molecule has 0 aliphatic rings. The lowest BCUT2D eigenvalue weighted by Gasteiger charge is -2.18. The highest BCUT2D eigenvalue weighted by atomic mass is 32.2. The van der Waals surface area contributed by atoms with Crippen LogP contribution in [-0.2, 0) is 21.0 Å². The molecule has 0 aliphatic heterocycles. The van der Waals surface area contributed by atoms with Crippen LogP contribution < -0.4 is 10.0 Å². The number of alkyl halides is 3. The summed E-state index contributed by atoms with van der Waals surface area (Å²) in [5, 5.41) is 2.69. The predicted octanol–water partition coefficient (Wildman–Crippen LogP) is 4.49. The quantitative estimate of drug-likeness (QED) is 0.794. The molecular formula is C18H19F3N2O3S. The molecule has 0 aromatic heterocycles. The minimum Gasteiger partial charge on any atom is -0.326 e. The van der Waals surface area contributed by atoms with Crippen molar-refractivity contribution in [3.05, 3.63) is 54.1 Å². The van der Waals surface area contributed by atoms with Gasteiger partial charge in [0.2, 0.25) is 5.91 Å². The van der Waals surface area contributed by atoms with Gasteiger partial charge in [0.05, 0.1) is 10.5 Å². The molecule has 0 saturated heterocycles. The Balaban J connectivity index is 2.18. The van der Waals surface area contributed by atoms with E-state index < -0.39 is 32.1 Å². The topological polar surface area (TPSA) is 75.3 Å². The smallest absolute Gasteiger partial charge is 0.326 e. The molecule has 5 nitrogen and oxygen atoms in total. The second-order valence-electron chi connectivity index (χ2n) is 6.91. The summed E-state index contributed by atoms with van der Waals surface area (Å²) in [7, 11) is -4.19. The van der Waals surface area contributed by atoms with E-state index in [1.54, 1.807) is 20.8 Å². The molecule has 2 aromatic rings. The molecule has 2 rings (SSSR count). The molecule has 0 spiro atoms. The van der Waals surface area contributed by atoms with Gasteiger partial charge in [0.1, 0.15) is 0 Å². The standard InChI is InChI=1S/C18H19F3N2O3S/c1-17(2,3)16(24)22-13-7-9-14(10-8-13)23-27(25,26)15-6-4-5-12(11-15)18(19,20)21/h4-11,23H,1-3H3,(H,22,24). The van der Waals surface area contributed by atoms with Gasteiger partial charge in [0, 0.05) is 16.8 Å². The van der Waals surface area contributed by atoms with Crippen LogP contribution >= 0.6 is 0 Å². The van der Waals surface area contributed by atoms with Gasteiger partial charge in [-0.1, -0.05) is 26.8 Å². The molecule has 0 heterocycles. The minimum absolute atomic E-state index is 0.154. The monoisotopic (exact) mass is 400 g/mol. The Morgan fingerprint density at radius 3 is 2.00 bits per heavy atom. The van der Waals surface area contributed by atoms with E-state index in [2.05, 4.69) is 10.0 Å². The van der Waals surface area contributed by atoms with Gasteiger partial charge >= 0.3 is 6.18 Å². The molecule has 0 bridgehead atoms. The van der Waals surface area contributed by atoms with E-state index in [1.807, 2.05) is 0 Å². The zero-order chi connectivity index (χ0) is 20.5.